The first-order valence-corrected chi connectivity index (χ1v) is 9.49. The van der Waals surface area contributed by atoms with Gasteiger partial charge < -0.3 is 14.3 Å². The van der Waals surface area contributed by atoms with E-state index in [9.17, 15) is 9.59 Å². The topological polar surface area (TPSA) is 84.5 Å². The third-order valence-electron chi connectivity index (χ3n) is 6.10. The average Bonchev–Trinajstić information content (AvgIpc) is 3.32. The smallest absolute Gasteiger partial charge is 0.276 e. The molecule has 27 heavy (non-hydrogen) atoms. The lowest BCUT2D eigenvalue weighted by atomic mass is 9.67. The molecule has 2 saturated heterocycles. The Bertz CT molecular complexity index is 826. The summed E-state index contributed by atoms with van der Waals surface area (Å²) in [5.41, 5.74) is 0.814. The van der Waals surface area contributed by atoms with Gasteiger partial charge in [-0.15, -0.1) is 0 Å². The molecule has 2 atom stereocenters. The molecule has 2 aliphatic heterocycles. The lowest BCUT2D eigenvalue weighted by Crippen LogP contribution is -2.61. The van der Waals surface area contributed by atoms with Crippen LogP contribution in [0.1, 0.15) is 48.7 Å². The Balaban J connectivity index is 1.56. The normalized spacial score (nSPS) is 26.0. The Kier molecular flexibility index (Phi) is 4.49. The molecule has 8 heteroatoms. The van der Waals surface area contributed by atoms with Crippen molar-refractivity contribution in [2.24, 2.45) is 12.5 Å². The zero-order chi connectivity index (χ0) is 19.0. The molecule has 4 heterocycles. The Morgan fingerprint density at radius 2 is 2.11 bits per heavy atom. The molecular weight excluding hydrogens is 346 g/mol. The van der Waals surface area contributed by atoms with E-state index < -0.39 is 5.41 Å². The third-order valence-corrected chi connectivity index (χ3v) is 6.10. The van der Waals surface area contributed by atoms with Crippen molar-refractivity contribution in [1.82, 2.24) is 24.7 Å². The van der Waals surface area contributed by atoms with E-state index in [0.717, 1.165) is 37.8 Å². The summed E-state index contributed by atoms with van der Waals surface area (Å²) in [6.07, 6.45) is 8.55. The second kappa shape index (κ2) is 6.83. The molecule has 0 aliphatic carbocycles. The van der Waals surface area contributed by atoms with Crippen molar-refractivity contribution < 1.29 is 14.1 Å². The summed E-state index contributed by atoms with van der Waals surface area (Å²) < 4.78 is 6.58. The minimum atomic E-state index is -0.516. The number of piperidine rings is 2. The van der Waals surface area contributed by atoms with Gasteiger partial charge in [-0.3, -0.25) is 14.3 Å². The number of likely N-dealkylation sites (tertiary alicyclic amines) is 2. The number of aryl methyl sites for hydroxylation is 1. The van der Waals surface area contributed by atoms with Crippen LogP contribution in [0, 0.1) is 5.41 Å². The summed E-state index contributed by atoms with van der Waals surface area (Å²) in [6.45, 7) is 3.96. The van der Waals surface area contributed by atoms with Gasteiger partial charge in [0.1, 0.15) is 6.26 Å². The first kappa shape index (κ1) is 17.8. The lowest BCUT2D eigenvalue weighted by molar-refractivity contribution is -0.154. The molecule has 0 aromatic carbocycles. The van der Waals surface area contributed by atoms with Gasteiger partial charge in [0.15, 0.2) is 5.69 Å². The molecule has 2 amide bonds. The van der Waals surface area contributed by atoms with Gasteiger partial charge in [0.25, 0.3) is 5.91 Å². The number of nitrogens with zero attached hydrogens (tertiary/aromatic N) is 5. The van der Waals surface area contributed by atoms with Crippen LogP contribution in [-0.2, 0) is 18.4 Å². The van der Waals surface area contributed by atoms with Crippen molar-refractivity contribution >= 4 is 11.8 Å². The first-order valence-electron chi connectivity index (χ1n) is 9.49. The Morgan fingerprint density at radius 1 is 1.33 bits per heavy atom. The zero-order valence-corrected chi connectivity index (χ0v) is 15.8. The van der Waals surface area contributed by atoms with Gasteiger partial charge in [0.05, 0.1) is 11.6 Å². The highest BCUT2D eigenvalue weighted by atomic mass is 16.5. The van der Waals surface area contributed by atoms with Crippen LogP contribution in [0.15, 0.2) is 29.2 Å². The molecule has 0 saturated carbocycles. The highest BCUT2D eigenvalue weighted by molar-refractivity contribution is 5.93. The highest BCUT2D eigenvalue weighted by Gasteiger charge is 2.52. The maximum atomic E-state index is 13.5. The lowest BCUT2D eigenvalue weighted by Gasteiger charge is -2.51. The largest absolute Gasteiger partial charge is 0.364 e. The van der Waals surface area contributed by atoms with Gasteiger partial charge in [-0.2, -0.15) is 5.10 Å². The maximum Gasteiger partial charge on any atom is 0.276 e. The average molecular weight is 371 g/mol. The van der Waals surface area contributed by atoms with Gasteiger partial charge in [0.2, 0.25) is 5.91 Å². The van der Waals surface area contributed by atoms with E-state index in [-0.39, 0.29) is 17.9 Å². The van der Waals surface area contributed by atoms with Crippen LogP contribution in [-0.4, -0.2) is 55.7 Å². The van der Waals surface area contributed by atoms with E-state index in [4.69, 9.17) is 4.52 Å². The zero-order valence-electron chi connectivity index (χ0n) is 15.8. The van der Waals surface area contributed by atoms with Crippen molar-refractivity contribution in [1.29, 1.82) is 0 Å². The number of carbonyl (C=O) groups is 2. The number of amides is 2. The molecule has 0 radical (unpaired) electrons. The minimum absolute atomic E-state index is 0.155. The molecule has 8 nitrogen and oxygen atoms in total. The predicted molar refractivity (Wildman–Crippen MR) is 96.5 cm³/mol. The highest BCUT2D eigenvalue weighted by Crippen LogP contribution is 2.44. The fourth-order valence-electron chi connectivity index (χ4n) is 4.67. The van der Waals surface area contributed by atoms with Crippen molar-refractivity contribution in [2.45, 2.75) is 45.2 Å². The predicted octanol–water partition coefficient (Wildman–Crippen LogP) is 1.84. The van der Waals surface area contributed by atoms with Crippen LogP contribution in [0.4, 0.5) is 0 Å². The molecule has 0 unspecified atom stereocenters. The van der Waals surface area contributed by atoms with Crippen LogP contribution >= 0.6 is 0 Å². The molecule has 4 rings (SSSR count). The summed E-state index contributed by atoms with van der Waals surface area (Å²) in [7, 11) is 1.87. The molecule has 2 aliphatic rings. The monoisotopic (exact) mass is 371 g/mol. The van der Waals surface area contributed by atoms with Crippen molar-refractivity contribution in [3.8, 4) is 0 Å². The van der Waals surface area contributed by atoms with Gasteiger partial charge in [-0.05, 0) is 32.6 Å². The maximum absolute atomic E-state index is 13.5. The van der Waals surface area contributed by atoms with Gasteiger partial charge in [0, 0.05) is 50.6 Å². The van der Waals surface area contributed by atoms with Crippen molar-refractivity contribution in [2.75, 3.05) is 13.1 Å². The number of rotatable bonds is 3. The summed E-state index contributed by atoms with van der Waals surface area (Å²) in [5, 5.41) is 7.98. The Morgan fingerprint density at radius 3 is 2.78 bits per heavy atom. The van der Waals surface area contributed by atoms with Gasteiger partial charge >= 0.3 is 0 Å². The van der Waals surface area contributed by atoms with E-state index in [1.807, 2.05) is 25.1 Å². The number of aromatic nitrogens is 3. The molecule has 144 valence electrons. The van der Waals surface area contributed by atoms with Gasteiger partial charge in [-0.1, -0.05) is 5.16 Å². The van der Waals surface area contributed by atoms with Crippen LogP contribution < -0.4 is 0 Å². The molecular formula is C19H25N5O3. The Labute approximate surface area is 158 Å². The first-order chi connectivity index (χ1) is 13.0. The molecule has 0 N–H and O–H groups in total. The SMILES string of the molecule is C[C@@H]1N(C(=O)c2ccon2)CCC[C@@]12CCCN(Cc1cnn(C)c1)C2=O. The summed E-state index contributed by atoms with van der Waals surface area (Å²) >= 11 is 0. The molecule has 2 aromatic heterocycles. The number of carbonyl (C=O) groups excluding carboxylic acids is 2. The van der Waals surface area contributed by atoms with E-state index >= 15 is 0 Å². The quantitative estimate of drug-likeness (QED) is 0.822. The van der Waals surface area contributed by atoms with E-state index in [1.54, 1.807) is 21.8 Å². The molecule has 2 aromatic rings. The molecule has 1 spiro atoms. The minimum Gasteiger partial charge on any atom is -0.364 e. The molecule has 2 fully saturated rings. The fraction of sp³-hybridized carbons (Fsp3) is 0.579. The number of hydrogen-bond donors (Lipinski definition) is 0. The van der Waals surface area contributed by atoms with Crippen molar-refractivity contribution in [3.05, 3.63) is 36.0 Å². The van der Waals surface area contributed by atoms with Crippen LogP contribution in [0.5, 0.6) is 0 Å². The second-order valence-electron chi connectivity index (χ2n) is 7.67. The second-order valence-corrected chi connectivity index (χ2v) is 7.67. The summed E-state index contributed by atoms with van der Waals surface area (Å²) in [5.74, 6) is -0.00439. The fourth-order valence-corrected chi connectivity index (χ4v) is 4.67. The summed E-state index contributed by atoms with van der Waals surface area (Å²) in [4.78, 5) is 30.1. The van der Waals surface area contributed by atoms with Crippen LogP contribution in [0.3, 0.4) is 0 Å². The van der Waals surface area contributed by atoms with Gasteiger partial charge in [-0.25, -0.2) is 0 Å². The third kappa shape index (κ3) is 3.02. The van der Waals surface area contributed by atoms with E-state index in [0.29, 0.717) is 18.8 Å². The van der Waals surface area contributed by atoms with E-state index in [1.165, 1.54) is 6.26 Å². The number of hydrogen-bond acceptors (Lipinski definition) is 5. The van der Waals surface area contributed by atoms with Crippen molar-refractivity contribution in [3.63, 3.8) is 0 Å². The molecule has 0 bridgehead atoms. The van der Waals surface area contributed by atoms with E-state index in [2.05, 4.69) is 10.3 Å². The van der Waals surface area contributed by atoms with Crippen LogP contribution in [0.2, 0.25) is 0 Å². The Hall–Kier alpha value is -2.64. The van der Waals surface area contributed by atoms with Crippen LogP contribution in [0.25, 0.3) is 0 Å². The summed E-state index contributed by atoms with van der Waals surface area (Å²) in [6, 6.07) is 1.41. The standard InChI is InChI=1S/C19H25N5O3/c1-14-19(7-4-9-24(14)17(25)16-5-10-27-21-16)6-3-8-23(18(19)26)13-15-11-20-22(2)12-15/h5,10-12,14H,3-4,6-9,13H2,1-2H3/t14-,19-/m0/s1.